The van der Waals surface area contributed by atoms with Crippen LogP contribution < -0.4 is 0 Å². The maximum Gasteiger partial charge on any atom is 0.0410 e. The van der Waals surface area contributed by atoms with Gasteiger partial charge < -0.3 is 0 Å². The van der Waals surface area contributed by atoms with Crippen molar-refractivity contribution in [2.75, 3.05) is 0 Å². The van der Waals surface area contributed by atoms with Gasteiger partial charge in [-0.1, -0.05) is 23.8 Å². The van der Waals surface area contributed by atoms with E-state index in [1.165, 1.54) is 24.0 Å². The zero-order chi connectivity index (χ0) is 9.00. The molecule has 2 aliphatic carbocycles. The van der Waals surface area contributed by atoms with Crippen molar-refractivity contribution in [2.45, 2.75) is 37.0 Å². The lowest BCUT2D eigenvalue weighted by Crippen LogP contribution is -2.09. The van der Waals surface area contributed by atoms with Crippen molar-refractivity contribution in [1.82, 2.24) is 0 Å². The van der Waals surface area contributed by atoms with Gasteiger partial charge in [0.2, 0.25) is 0 Å². The standard InChI is InChI=1S/C12H13Cl/c1-7-2-3-9-10(4-7)8-5-11(9)12(13)6-8/h2-4,8,11-12H,5-6H2,1H3. The predicted octanol–water partition coefficient (Wildman–Crippen LogP) is 3.58. The molecule has 0 spiro atoms. The third-order valence-corrected chi connectivity index (χ3v) is 4.05. The third-order valence-electron chi connectivity index (χ3n) is 3.57. The SMILES string of the molecule is Cc1ccc2c(c1)C1CC(Cl)C2C1. The van der Waals surface area contributed by atoms with Crippen LogP contribution in [0.3, 0.4) is 0 Å². The minimum atomic E-state index is 0.403. The van der Waals surface area contributed by atoms with E-state index in [0.717, 1.165) is 5.92 Å². The van der Waals surface area contributed by atoms with Crippen LogP contribution in [0.25, 0.3) is 0 Å². The topological polar surface area (TPSA) is 0 Å². The average Bonchev–Trinajstić information content (AvgIpc) is 2.61. The van der Waals surface area contributed by atoms with E-state index in [1.807, 2.05) is 0 Å². The Morgan fingerprint density at radius 1 is 1.23 bits per heavy atom. The Morgan fingerprint density at radius 2 is 2.08 bits per heavy atom. The Labute approximate surface area is 83.9 Å². The number of hydrogen-bond donors (Lipinski definition) is 0. The van der Waals surface area contributed by atoms with Gasteiger partial charge in [-0.25, -0.2) is 0 Å². The summed E-state index contributed by atoms with van der Waals surface area (Å²) in [6.07, 6.45) is 2.50. The maximum absolute atomic E-state index is 6.28. The van der Waals surface area contributed by atoms with Gasteiger partial charge in [0.05, 0.1) is 0 Å². The lowest BCUT2D eigenvalue weighted by atomic mass is 9.90. The van der Waals surface area contributed by atoms with Crippen molar-refractivity contribution in [2.24, 2.45) is 0 Å². The molecule has 68 valence electrons. The molecule has 3 unspecified atom stereocenters. The highest BCUT2D eigenvalue weighted by Gasteiger charge is 2.42. The van der Waals surface area contributed by atoms with Crippen molar-refractivity contribution in [1.29, 1.82) is 0 Å². The molecule has 1 saturated carbocycles. The third kappa shape index (κ3) is 0.985. The van der Waals surface area contributed by atoms with Crippen LogP contribution >= 0.6 is 11.6 Å². The molecule has 1 aromatic rings. The van der Waals surface area contributed by atoms with Gasteiger partial charge in [0, 0.05) is 11.3 Å². The fourth-order valence-corrected chi connectivity index (χ4v) is 3.40. The van der Waals surface area contributed by atoms with Crippen LogP contribution in [-0.2, 0) is 0 Å². The first-order valence-electron chi connectivity index (χ1n) is 5.00. The highest BCUT2D eigenvalue weighted by Crippen LogP contribution is 2.54. The van der Waals surface area contributed by atoms with Gasteiger partial charge in [-0.05, 0) is 36.8 Å². The molecule has 2 bridgehead atoms. The summed E-state index contributed by atoms with van der Waals surface area (Å²) in [5.74, 6) is 1.42. The first-order valence-corrected chi connectivity index (χ1v) is 5.44. The minimum Gasteiger partial charge on any atom is -0.122 e. The summed E-state index contributed by atoms with van der Waals surface area (Å²) >= 11 is 6.28. The van der Waals surface area contributed by atoms with E-state index >= 15 is 0 Å². The number of fused-ring (bicyclic) bond motifs is 5. The molecule has 0 amide bonds. The largest absolute Gasteiger partial charge is 0.122 e. The smallest absolute Gasteiger partial charge is 0.0410 e. The molecule has 2 aliphatic rings. The fourth-order valence-electron chi connectivity index (χ4n) is 2.95. The Kier molecular flexibility index (Phi) is 1.52. The van der Waals surface area contributed by atoms with Crippen LogP contribution in [0.4, 0.5) is 0 Å². The fraction of sp³-hybridized carbons (Fsp3) is 0.500. The van der Waals surface area contributed by atoms with Crippen LogP contribution in [0.5, 0.6) is 0 Å². The van der Waals surface area contributed by atoms with E-state index in [0.29, 0.717) is 11.3 Å². The van der Waals surface area contributed by atoms with Crippen LogP contribution in [0, 0.1) is 6.92 Å². The summed E-state index contributed by atoms with van der Waals surface area (Å²) in [5.41, 5.74) is 4.50. The molecule has 1 heteroatoms. The molecule has 0 aromatic heterocycles. The van der Waals surface area contributed by atoms with Crippen molar-refractivity contribution in [3.8, 4) is 0 Å². The molecule has 0 radical (unpaired) electrons. The van der Waals surface area contributed by atoms with Gasteiger partial charge in [0.15, 0.2) is 0 Å². The second-order valence-electron chi connectivity index (χ2n) is 4.42. The summed E-state index contributed by atoms with van der Waals surface area (Å²) in [6.45, 7) is 2.17. The molecular weight excluding hydrogens is 180 g/mol. The number of aryl methyl sites for hydroxylation is 1. The zero-order valence-electron chi connectivity index (χ0n) is 7.76. The van der Waals surface area contributed by atoms with Crippen molar-refractivity contribution < 1.29 is 0 Å². The second kappa shape index (κ2) is 2.51. The Balaban J connectivity index is 2.16. The summed E-state index contributed by atoms with van der Waals surface area (Å²) < 4.78 is 0. The second-order valence-corrected chi connectivity index (χ2v) is 4.98. The molecule has 0 N–H and O–H groups in total. The highest BCUT2D eigenvalue weighted by atomic mass is 35.5. The summed E-state index contributed by atoms with van der Waals surface area (Å²) in [6, 6.07) is 6.84. The molecule has 3 rings (SSSR count). The molecule has 1 aromatic carbocycles. The lowest BCUT2D eigenvalue weighted by molar-refractivity contribution is 0.725. The molecule has 3 atom stereocenters. The number of benzene rings is 1. The maximum atomic E-state index is 6.28. The molecule has 13 heavy (non-hydrogen) atoms. The van der Waals surface area contributed by atoms with E-state index in [4.69, 9.17) is 11.6 Å². The molecule has 0 aliphatic heterocycles. The van der Waals surface area contributed by atoms with Crippen molar-refractivity contribution in [3.63, 3.8) is 0 Å². The normalized spacial score (nSPS) is 35.1. The van der Waals surface area contributed by atoms with Crippen LogP contribution in [0.1, 0.15) is 41.4 Å². The van der Waals surface area contributed by atoms with Gasteiger partial charge in [-0.15, -0.1) is 11.6 Å². The molecular formula is C12H13Cl. The number of hydrogen-bond acceptors (Lipinski definition) is 0. The molecule has 0 saturated heterocycles. The van der Waals surface area contributed by atoms with E-state index in [1.54, 1.807) is 5.56 Å². The Bertz CT molecular complexity index is 356. The first kappa shape index (κ1) is 7.87. The van der Waals surface area contributed by atoms with E-state index in [2.05, 4.69) is 25.1 Å². The predicted molar refractivity (Wildman–Crippen MR) is 55.5 cm³/mol. The Hall–Kier alpha value is -0.490. The van der Waals surface area contributed by atoms with Crippen LogP contribution in [0.15, 0.2) is 18.2 Å². The summed E-state index contributed by atoms with van der Waals surface area (Å²) in [5, 5.41) is 0.403. The molecule has 0 nitrogen and oxygen atoms in total. The molecule has 1 fully saturated rings. The summed E-state index contributed by atoms with van der Waals surface area (Å²) in [7, 11) is 0. The van der Waals surface area contributed by atoms with Crippen molar-refractivity contribution in [3.05, 3.63) is 34.9 Å². The number of alkyl halides is 1. The van der Waals surface area contributed by atoms with Gasteiger partial charge >= 0.3 is 0 Å². The van der Waals surface area contributed by atoms with Crippen LogP contribution in [-0.4, -0.2) is 5.38 Å². The number of rotatable bonds is 0. The minimum absolute atomic E-state index is 0.403. The highest BCUT2D eigenvalue weighted by molar-refractivity contribution is 6.21. The van der Waals surface area contributed by atoms with E-state index in [-0.39, 0.29) is 0 Å². The monoisotopic (exact) mass is 192 g/mol. The van der Waals surface area contributed by atoms with Gasteiger partial charge in [0.1, 0.15) is 0 Å². The van der Waals surface area contributed by atoms with Gasteiger partial charge in [-0.3, -0.25) is 0 Å². The van der Waals surface area contributed by atoms with Crippen molar-refractivity contribution >= 4 is 11.6 Å². The van der Waals surface area contributed by atoms with Gasteiger partial charge in [0.25, 0.3) is 0 Å². The Morgan fingerprint density at radius 3 is 2.92 bits per heavy atom. The van der Waals surface area contributed by atoms with E-state index < -0.39 is 0 Å². The summed E-state index contributed by atoms with van der Waals surface area (Å²) in [4.78, 5) is 0. The van der Waals surface area contributed by atoms with E-state index in [9.17, 15) is 0 Å². The van der Waals surface area contributed by atoms with Crippen LogP contribution in [0.2, 0.25) is 0 Å². The van der Waals surface area contributed by atoms with Gasteiger partial charge in [-0.2, -0.15) is 0 Å². The molecule has 0 heterocycles. The average molecular weight is 193 g/mol. The quantitative estimate of drug-likeness (QED) is 0.552. The zero-order valence-corrected chi connectivity index (χ0v) is 8.51. The lowest BCUT2D eigenvalue weighted by Gasteiger charge is -2.19. The number of halogens is 1. The first-order chi connectivity index (χ1) is 6.25.